The molecular formula is C16H20FNO2S. The number of hydrogen-bond acceptors (Lipinski definition) is 4. The normalized spacial score (nSPS) is 12.8. The molecule has 1 atom stereocenters. The Morgan fingerprint density at radius 3 is 2.71 bits per heavy atom. The SMILES string of the molecule is CN(Cc1ccc(F)cc1)C[C@H](O)COCc1cccs1. The highest BCUT2D eigenvalue weighted by Crippen LogP contribution is 2.10. The summed E-state index contributed by atoms with van der Waals surface area (Å²) < 4.78 is 18.3. The maximum atomic E-state index is 12.8. The highest BCUT2D eigenvalue weighted by Gasteiger charge is 2.09. The molecule has 0 fully saturated rings. The summed E-state index contributed by atoms with van der Waals surface area (Å²) in [7, 11) is 1.92. The Balaban J connectivity index is 1.66. The fourth-order valence-corrected chi connectivity index (χ4v) is 2.71. The Bertz CT molecular complexity index is 516. The van der Waals surface area contributed by atoms with Crippen LogP contribution in [0.5, 0.6) is 0 Å². The van der Waals surface area contributed by atoms with Gasteiger partial charge in [-0.25, -0.2) is 4.39 Å². The quantitative estimate of drug-likeness (QED) is 0.814. The first-order chi connectivity index (χ1) is 10.1. The molecule has 0 saturated heterocycles. The first kappa shape index (κ1) is 16.1. The molecule has 1 heterocycles. The topological polar surface area (TPSA) is 32.7 Å². The molecule has 3 nitrogen and oxygen atoms in total. The van der Waals surface area contributed by atoms with Gasteiger partial charge in [-0.3, -0.25) is 4.90 Å². The lowest BCUT2D eigenvalue weighted by molar-refractivity contribution is 0.0135. The fraction of sp³-hybridized carbons (Fsp3) is 0.375. The number of aliphatic hydroxyl groups excluding tert-OH is 1. The molecular weight excluding hydrogens is 289 g/mol. The first-order valence-corrected chi connectivity index (χ1v) is 7.72. The van der Waals surface area contributed by atoms with E-state index >= 15 is 0 Å². The van der Waals surface area contributed by atoms with Gasteiger partial charge in [-0.1, -0.05) is 18.2 Å². The minimum atomic E-state index is -0.532. The summed E-state index contributed by atoms with van der Waals surface area (Å²) in [6.07, 6.45) is -0.532. The maximum Gasteiger partial charge on any atom is 0.123 e. The van der Waals surface area contributed by atoms with Crippen LogP contribution < -0.4 is 0 Å². The summed E-state index contributed by atoms with van der Waals surface area (Å²) in [5.74, 6) is -0.233. The Hall–Kier alpha value is -1.27. The number of rotatable bonds is 8. The molecule has 2 rings (SSSR count). The van der Waals surface area contributed by atoms with Crippen molar-refractivity contribution >= 4 is 11.3 Å². The van der Waals surface area contributed by atoms with Crippen molar-refractivity contribution in [2.24, 2.45) is 0 Å². The van der Waals surface area contributed by atoms with Crippen LogP contribution >= 0.6 is 11.3 Å². The molecule has 0 aliphatic rings. The number of thiophene rings is 1. The molecule has 1 N–H and O–H groups in total. The predicted molar refractivity (Wildman–Crippen MR) is 82.7 cm³/mol. The standard InChI is InChI=1S/C16H20FNO2S/c1-18(9-13-4-6-14(17)7-5-13)10-15(19)11-20-12-16-3-2-8-21-16/h2-8,15,19H,9-12H2,1H3/t15-/m0/s1. The van der Waals surface area contributed by atoms with Gasteiger partial charge in [0.2, 0.25) is 0 Å². The predicted octanol–water partition coefficient (Wildman–Crippen LogP) is 2.90. The van der Waals surface area contributed by atoms with Gasteiger partial charge in [0, 0.05) is 18.0 Å². The van der Waals surface area contributed by atoms with Crippen LogP contribution in [0.1, 0.15) is 10.4 Å². The Kier molecular flexibility index (Phi) is 6.32. The highest BCUT2D eigenvalue weighted by atomic mass is 32.1. The van der Waals surface area contributed by atoms with Gasteiger partial charge in [-0.2, -0.15) is 0 Å². The monoisotopic (exact) mass is 309 g/mol. The van der Waals surface area contributed by atoms with E-state index in [1.807, 2.05) is 29.5 Å². The molecule has 1 aromatic carbocycles. The summed E-state index contributed by atoms with van der Waals surface area (Å²) in [4.78, 5) is 3.15. The van der Waals surface area contributed by atoms with Crippen LogP contribution in [-0.4, -0.2) is 36.3 Å². The van der Waals surface area contributed by atoms with Crippen molar-refractivity contribution in [3.63, 3.8) is 0 Å². The average Bonchev–Trinajstić information content (AvgIpc) is 2.94. The summed E-state index contributed by atoms with van der Waals surface area (Å²) in [6.45, 7) is 2.03. The largest absolute Gasteiger partial charge is 0.389 e. The van der Waals surface area contributed by atoms with E-state index in [4.69, 9.17) is 4.74 Å². The van der Waals surface area contributed by atoms with E-state index in [1.165, 1.54) is 12.1 Å². The minimum Gasteiger partial charge on any atom is -0.389 e. The van der Waals surface area contributed by atoms with Crippen LogP contribution in [0.3, 0.4) is 0 Å². The second kappa shape index (κ2) is 8.24. The molecule has 0 aliphatic carbocycles. The van der Waals surface area contributed by atoms with Crippen LogP contribution in [0.15, 0.2) is 41.8 Å². The van der Waals surface area contributed by atoms with Gasteiger partial charge in [0.25, 0.3) is 0 Å². The van der Waals surface area contributed by atoms with Crippen molar-refractivity contribution < 1.29 is 14.2 Å². The summed E-state index contributed by atoms with van der Waals surface area (Å²) >= 11 is 1.64. The molecule has 0 spiro atoms. The molecule has 1 aromatic heterocycles. The molecule has 114 valence electrons. The van der Waals surface area contributed by atoms with Crippen molar-refractivity contribution in [2.45, 2.75) is 19.3 Å². The first-order valence-electron chi connectivity index (χ1n) is 6.84. The van der Waals surface area contributed by atoms with Gasteiger partial charge in [0.05, 0.1) is 19.3 Å². The molecule has 0 radical (unpaired) electrons. The van der Waals surface area contributed by atoms with Crippen LogP contribution in [-0.2, 0) is 17.9 Å². The molecule has 21 heavy (non-hydrogen) atoms. The van der Waals surface area contributed by atoms with E-state index in [0.717, 1.165) is 10.4 Å². The molecule has 0 amide bonds. The Morgan fingerprint density at radius 1 is 1.29 bits per heavy atom. The lowest BCUT2D eigenvalue weighted by atomic mass is 10.2. The van der Waals surface area contributed by atoms with Crippen molar-refractivity contribution in [2.75, 3.05) is 20.2 Å². The van der Waals surface area contributed by atoms with Gasteiger partial charge >= 0.3 is 0 Å². The third-order valence-corrected chi connectivity index (χ3v) is 3.87. The number of aliphatic hydroxyl groups is 1. The second-order valence-electron chi connectivity index (χ2n) is 5.07. The van der Waals surface area contributed by atoms with Crippen molar-refractivity contribution in [1.29, 1.82) is 0 Å². The van der Waals surface area contributed by atoms with Crippen molar-refractivity contribution in [3.05, 3.63) is 58.0 Å². The zero-order valence-corrected chi connectivity index (χ0v) is 12.9. The zero-order valence-electron chi connectivity index (χ0n) is 12.0. The van der Waals surface area contributed by atoms with Crippen LogP contribution in [0, 0.1) is 5.82 Å². The van der Waals surface area contributed by atoms with E-state index in [-0.39, 0.29) is 5.82 Å². The van der Waals surface area contributed by atoms with E-state index in [2.05, 4.69) is 0 Å². The van der Waals surface area contributed by atoms with E-state index in [1.54, 1.807) is 23.5 Å². The van der Waals surface area contributed by atoms with E-state index < -0.39 is 6.10 Å². The molecule has 2 aromatic rings. The highest BCUT2D eigenvalue weighted by molar-refractivity contribution is 7.09. The van der Waals surface area contributed by atoms with Gasteiger partial charge in [0.15, 0.2) is 0 Å². The van der Waals surface area contributed by atoms with Gasteiger partial charge in [-0.05, 0) is 36.2 Å². The third kappa shape index (κ3) is 5.93. The molecule has 0 aliphatic heterocycles. The summed E-state index contributed by atoms with van der Waals surface area (Å²) in [5.41, 5.74) is 1.02. The number of likely N-dealkylation sites (N-methyl/N-ethyl adjacent to an activating group) is 1. The van der Waals surface area contributed by atoms with E-state index in [9.17, 15) is 9.50 Å². The minimum absolute atomic E-state index is 0.233. The van der Waals surface area contributed by atoms with E-state index in [0.29, 0.717) is 26.3 Å². The molecule has 0 saturated carbocycles. The van der Waals surface area contributed by atoms with Crippen molar-refractivity contribution in [1.82, 2.24) is 4.90 Å². The maximum absolute atomic E-state index is 12.8. The number of ether oxygens (including phenoxy) is 1. The third-order valence-electron chi connectivity index (χ3n) is 3.02. The average molecular weight is 309 g/mol. The number of halogens is 1. The lowest BCUT2D eigenvalue weighted by Crippen LogP contribution is -2.31. The molecule has 0 unspecified atom stereocenters. The Labute approximate surface area is 128 Å². The molecule has 0 bridgehead atoms. The lowest BCUT2D eigenvalue weighted by Gasteiger charge is -2.20. The molecule has 5 heteroatoms. The van der Waals surface area contributed by atoms with Gasteiger partial charge < -0.3 is 9.84 Å². The number of benzene rings is 1. The van der Waals surface area contributed by atoms with Crippen LogP contribution in [0.4, 0.5) is 4.39 Å². The number of nitrogens with zero attached hydrogens (tertiary/aromatic N) is 1. The van der Waals surface area contributed by atoms with Crippen molar-refractivity contribution in [3.8, 4) is 0 Å². The van der Waals surface area contributed by atoms with Crippen LogP contribution in [0.25, 0.3) is 0 Å². The van der Waals surface area contributed by atoms with Gasteiger partial charge in [-0.15, -0.1) is 11.3 Å². The summed E-state index contributed by atoms with van der Waals surface area (Å²) in [6, 6.07) is 10.4. The summed E-state index contributed by atoms with van der Waals surface area (Å²) in [5, 5.41) is 12.0. The Morgan fingerprint density at radius 2 is 2.05 bits per heavy atom. The zero-order chi connectivity index (χ0) is 15.1. The smallest absolute Gasteiger partial charge is 0.123 e. The van der Waals surface area contributed by atoms with Crippen LogP contribution in [0.2, 0.25) is 0 Å². The van der Waals surface area contributed by atoms with Gasteiger partial charge in [0.1, 0.15) is 5.82 Å². The second-order valence-corrected chi connectivity index (χ2v) is 6.10. The fourth-order valence-electron chi connectivity index (χ4n) is 2.07. The number of hydrogen-bond donors (Lipinski definition) is 1.